The van der Waals surface area contributed by atoms with Crippen LogP contribution in [0.1, 0.15) is 76.3 Å². The summed E-state index contributed by atoms with van der Waals surface area (Å²) < 4.78 is 75.3. The molecule has 1 fully saturated rings. The average Bonchev–Trinajstić information content (AvgIpc) is 2.97. The summed E-state index contributed by atoms with van der Waals surface area (Å²) in [6.45, 7) is 4.00. The first-order valence-corrected chi connectivity index (χ1v) is 9.54. The summed E-state index contributed by atoms with van der Waals surface area (Å²) >= 11 is 0. The number of rotatable bonds is 0. The fraction of sp³-hybridized carbons (Fsp3) is 0.500. The molecule has 1 aliphatic carbocycles. The van der Waals surface area contributed by atoms with Crippen LogP contribution in [0, 0.1) is 22.3 Å². The summed E-state index contributed by atoms with van der Waals surface area (Å²) in [7, 11) is 0. The molecule has 3 rings (SSSR count). The first kappa shape index (κ1) is 37.4. The molecule has 0 unspecified atom stereocenters. The van der Waals surface area contributed by atoms with Crippen molar-refractivity contribution in [1.82, 2.24) is 0 Å². The summed E-state index contributed by atoms with van der Waals surface area (Å²) in [5, 5.41) is -0.848. The van der Waals surface area contributed by atoms with E-state index in [4.69, 9.17) is 0 Å². The van der Waals surface area contributed by atoms with Crippen molar-refractivity contribution in [2.75, 3.05) is 0 Å². The molecule has 0 heterocycles. The Morgan fingerprint density at radius 3 is 1.35 bits per heavy atom. The fourth-order valence-corrected chi connectivity index (χ4v) is 3.14. The molecule has 0 saturated heterocycles. The molecule has 0 nitrogen and oxygen atoms in total. The van der Waals surface area contributed by atoms with Gasteiger partial charge in [-0.15, -0.1) is 35.0 Å². The van der Waals surface area contributed by atoms with Gasteiger partial charge in [0.2, 0.25) is 0 Å². The van der Waals surface area contributed by atoms with E-state index in [2.05, 4.69) is 0 Å². The molecular formula is C24H36F6Rh-. The second-order valence-electron chi connectivity index (χ2n) is 6.34. The van der Waals surface area contributed by atoms with Gasteiger partial charge in [0.05, 0.1) is 0 Å². The van der Waals surface area contributed by atoms with Crippen molar-refractivity contribution in [1.29, 1.82) is 0 Å². The van der Waals surface area contributed by atoms with E-state index in [1.165, 1.54) is 63.5 Å². The normalized spacial score (nSPS) is 13.7. The Balaban J connectivity index is -0.000000225. The minimum Gasteiger partial charge on any atom is -0.358 e. The number of alkyl halides is 6. The molecule has 1 saturated carbocycles. The van der Waals surface area contributed by atoms with E-state index in [-0.39, 0.29) is 47.8 Å². The van der Waals surface area contributed by atoms with Crippen molar-refractivity contribution in [3.63, 3.8) is 0 Å². The molecule has 7 heteroatoms. The first-order valence-electron chi connectivity index (χ1n) is 9.54. The average molecular weight is 541 g/mol. The maximum atomic E-state index is 12.6. The molecule has 1 aliphatic rings. The molecule has 0 bridgehead atoms. The third-order valence-electron chi connectivity index (χ3n) is 4.41. The third-order valence-corrected chi connectivity index (χ3v) is 4.41. The zero-order chi connectivity index (χ0) is 20.5. The van der Waals surface area contributed by atoms with Crippen LogP contribution >= 0.6 is 0 Å². The Hall–Kier alpha value is -0.967. The second kappa shape index (κ2) is 17.6. The van der Waals surface area contributed by atoms with E-state index in [1.54, 1.807) is 0 Å². The Morgan fingerprint density at radius 2 is 1.03 bits per heavy atom. The summed E-state index contributed by atoms with van der Waals surface area (Å²) in [4.78, 5) is 0. The second-order valence-corrected chi connectivity index (χ2v) is 6.34. The molecular weight excluding hydrogens is 505 g/mol. The Labute approximate surface area is 197 Å². The van der Waals surface area contributed by atoms with Crippen molar-refractivity contribution >= 4 is 10.8 Å². The largest absolute Gasteiger partial charge is 3.00 e. The zero-order valence-corrected chi connectivity index (χ0v) is 20.8. The zero-order valence-electron chi connectivity index (χ0n) is 19.1. The third kappa shape index (κ3) is 12.0. The Morgan fingerprint density at radius 1 is 0.677 bits per heavy atom. The van der Waals surface area contributed by atoms with Gasteiger partial charge in [-0.1, -0.05) is 76.8 Å². The van der Waals surface area contributed by atoms with Crippen molar-refractivity contribution < 1.29 is 45.8 Å². The summed E-state index contributed by atoms with van der Waals surface area (Å²) in [6.07, 6.45) is 2.42. The summed E-state index contributed by atoms with van der Waals surface area (Å²) in [5.41, 5.74) is -2.50. The van der Waals surface area contributed by atoms with Crippen LogP contribution in [0.3, 0.4) is 0 Å². The molecule has 31 heavy (non-hydrogen) atoms. The van der Waals surface area contributed by atoms with Crippen LogP contribution in [0.15, 0.2) is 30.3 Å². The number of fused-ring (bicyclic) bond motifs is 1. The van der Waals surface area contributed by atoms with Crippen LogP contribution in [0.2, 0.25) is 0 Å². The van der Waals surface area contributed by atoms with E-state index < -0.39 is 34.3 Å². The van der Waals surface area contributed by atoms with Gasteiger partial charge in [0.25, 0.3) is 0 Å². The molecule has 0 radical (unpaired) electrons. The summed E-state index contributed by atoms with van der Waals surface area (Å²) in [5.74, 6) is 0. The minimum absolute atomic E-state index is 0. The van der Waals surface area contributed by atoms with Crippen LogP contribution in [-0.4, -0.2) is 0 Å². The van der Waals surface area contributed by atoms with Gasteiger partial charge in [-0.3, -0.25) is 0 Å². The molecule has 0 atom stereocenters. The monoisotopic (exact) mass is 541 g/mol. The summed E-state index contributed by atoms with van der Waals surface area (Å²) in [6, 6.07) is 4.78. The topological polar surface area (TPSA) is 0 Å². The van der Waals surface area contributed by atoms with Gasteiger partial charge in [-0.2, -0.15) is 26.3 Å². The predicted molar refractivity (Wildman–Crippen MR) is 117 cm³/mol. The van der Waals surface area contributed by atoms with Gasteiger partial charge in [0.15, 0.2) is 0 Å². The van der Waals surface area contributed by atoms with Gasteiger partial charge in [0, 0.05) is 0 Å². The van der Waals surface area contributed by atoms with Crippen LogP contribution in [0.4, 0.5) is 26.3 Å². The fourth-order valence-electron chi connectivity index (χ4n) is 3.14. The van der Waals surface area contributed by atoms with Gasteiger partial charge in [-0.05, 0) is 5.56 Å². The smallest absolute Gasteiger partial charge is 0.358 e. The van der Waals surface area contributed by atoms with Crippen molar-refractivity contribution in [2.45, 2.75) is 77.6 Å². The Bertz CT molecular complexity index is 599. The number of benzene rings is 1. The molecule has 2 aromatic rings. The maximum absolute atomic E-state index is 12.6. The van der Waals surface area contributed by atoms with E-state index in [0.29, 0.717) is 0 Å². The maximum Gasteiger partial charge on any atom is 3.00 e. The minimum atomic E-state index is -4.79. The molecule has 0 amide bonds. The van der Waals surface area contributed by atoms with Crippen LogP contribution < -0.4 is 0 Å². The molecule has 184 valence electrons. The van der Waals surface area contributed by atoms with Crippen LogP contribution in [0.5, 0.6) is 0 Å². The molecule has 2 aromatic carbocycles. The number of hydrogen-bond acceptors (Lipinski definition) is 0. The van der Waals surface area contributed by atoms with E-state index in [0.717, 1.165) is 12.1 Å². The molecule has 0 aliphatic heterocycles. The van der Waals surface area contributed by atoms with E-state index >= 15 is 0 Å². The standard InChI is InChI=1S/C11H5F6.C8H16.C2H6.3CH3.Rh/c12-10(13,14)8-5-9(11(15,16)17)7-4-2-1-3-6(7)8;1-2-4-6-8-7-5-3-1;1-2;;;;/h1-5H;1-8H2;1-2H3;3*1H3;/q-1;;;3*-1;+3. The number of hydrogen-bond donors (Lipinski definition) is 0. The molecule has 0 spiro atoms. The van der Waals surface area contributed by atoms with E-state index in [1.807, 2.05) is 13.8 Å². The molecule has 0 aromatic heterocycles. The van der Waals surface area contributed by atoms with Crippen molar-refractivity contribution in [3.8, 4) is 0 Å². The predicted octanol–water partition coefficient (Wildman–Crippen LogP) is 10.1. The van der Waals surface area contributed by atoms with Crippen molar-refractivity contribution in [2.24, 2.45) is 0 Å². The quantitative estimate of drug-likeness (QED) is 0.177. The first-order chi connectivity index (χ1) is 12.7. The van der Waals surface area contributed by atoms with Gasteiger partial charge >= 0.3 is 31.8 Å². The SMILES string of the molecule is C1CCCCCCC1.CC.FC(F)(F)c1c[c-](C(F)(F)F)c2ccccc12.[CH3-].[CH3-].[CH3-].[Rh+3]. The van der Waals surface area contributed by atoms with Gasteiger partial charge in [0.1, 0.15) is 0 Å². The van der Waals surface area contributed by atoms with Gasteiger partial charge in [-0.25, -0.2) is 0 Å². The number of halogens is 6. The van der Waals surface area contributed by atoms with Crippen molar-refractivity contribution in [3.05, 3.63) is 63.7 Å². The van der Waals surface area contributed by atoms with Crippen LogP contribution in [0.25, 0.3) is 10.8 Å². The molecule has 0 N–H and O–H groups in total. The van der Waals surface area contributed by atoms with Gasteiger partial charge < -0.3 is 22.3 Å². The van der Waals surface area contributed by atoms with Crippen LogP contribution in [-0.2, 0) is 31.8 Å². The van der Waals surface area contributed by atoms with E-state index in [9.17, 15) is 26.3 Å². The Kier molecular flexibility index (Phi) is 21.2.